The molecule has 1 amide bonds. The minimum Gasteiger partial charge on any atom is -0.393 e. The monoisotopic (exact) mass is 276 g/mol. The number of carbonyl (C=O) groups is 1. The topological polar surface area (TPSA) is 64.8 Å². The molecule has 0 unspecified atom stereocenters. The molecule has 18 heavy (non-hydrogen) atoms. The van der Waals surface area contributed by atoms with Crippen LogP contribution in [0.2, 0.25) is 0 Å². The molecule has 0 spiro atoms. The highest BCUT2D eigenvalue weighted by Crippen LogP contribution is 2.05. The largest absolute Gasteiger partial charge is 0.393 e. The van der Waals surface area contributed by atoms with Crippen LogP contribution in [0.3, 0.4) is 0 Å². The van der Waals surface area contributed by atoms with Crippen LogP contribution in [0.1, 0.15) is 27.2 Å². The number of nitrogens with zero attached hydrogens (tertiary/aromatic N) is 1. The van der Waals surface area contributed by atoms with E-state index in [2.05, 4.69) is 0 Å². The third kappa shape index (κ3) is 10.4. The highest BCUT2D eigenvalue weighted by atomic mass is 32.1. The van der Waals surface area contributed by atoms with Gasteiger partial charge in [-0.3, -0.25) is 4.79 Å². The standard InChI is InChI=1S/C12H24N2O3S/c1-12(2,3)17-8-7-16-9-11(15)14(4)6-5-10(13)18/h5-9H2,1-4H3,(H2,13,18). The Morgan fingerprint density at radius 3 is 2.44 bits per heavy atom. The number of likely N-dealkylation sites (N-methyl/N-ethyl adjacent to an activating group) is 1. The molecule has 5 nitrogen and oxygen atoms in total. The molecule has 0 aliphatic rings. The Morgan fingerprint density at radius 2 is 1.94 bits per heavy atom. The average molecular weight is 276 g/mol. The van der Waals surface area contributed by atoms with E-state index in [1.165, 1.54) is 0 Å². The highest BCUT2D eigenvalue weighted by molar-refractivity contribution is 7.80. The molecule has 0 aliphatic carbocycles. The SMILES string of the molecule is CN(CCC(N)=S)C(=O)COCCOC(C)(C)C. The van der Waals surface area contributed by atoms with Gasteiger partial charge in [-0.2, -0.15) is 0 Å². The van der Waals surface area contributed by atoms with E-state index < -0.39 is 0 Å². The summed E-state index contributed by atoms with van der Waals surface area (Å²) in [4.78, 5) is 13.6. The van der Waals surface area contributed by atoms with Gasteiger partial charge in [-0.05, 0) is 20.8 Å². The zero-order chi connectivity index (χ0) is 14.2. The van der Waals surface area contributed by atoms with Crippen LogP contribution >= 0.6 is 12.2 Å². The van der Waals surface area contributed by atoms with Gasteiger partial charge in [0.2, 0.25) is 5.91 Å². The number of amides is 1. The summed E-state index contributed by atoms with van der Waals surface area (Å²) in [5, 5.41) is 0. The van der Waals surface area contributed by atoms with Crippen molar-refractivity contribution in [1.29, 1.82) is 0 Å². The van der Waals surface area contributed by atoms with Crippen LogP contribution < -0.4 is 5.73 Å². The van der Waals surface area contributed by atoms with E-state index >= 15 is 0 Å². The van der Waals surface area contributed by atoms with Crippen molar-refractivity contribution in [2.75, 3.05) is 33.4 Å². The fourth-order valence-corrected chi connectivity index (χ4v) is 1.17. The number of ether oxygens (including phenoxy) is 2. The lowest BCUT2D eigenvalue weighted by Crippen LogP contribution is -2.33. The molecular formula is C12H24N2O3S. The quantitative estimate of drug-likeness (QED) is 0.528. The lowest BCUT2D eigenvalue weighted by Gasteiger charge is -2.20. The summed E-state index contributed by atoms with van der Waals surface area (Å²) >= 11 is 4.75. The van der Waals surface area contributed by atoms with E-state index in [0.29, 0.717) is 31.2 Å². The summed E-state index contributed by atoms with van der Waals surface area (Å²) in [6.07, 6.45) is 0.532. The Kier molecular flexibility index (Phi) is 8.06. The molecule has 0 saturated heterocycles. The zero-order valence-corrected chi connectivity index (χ0v) is 12.5. The molecule has 0 aromatic rings. The second kappa shape index (κ2) is 8.39. The Balaban J connectivity index is 3.61. The predicted octanol–water partition coefficient (Wildman–Crippen LogP) is 0.953. The van der Waals surface area contributed by atoms with Gasteiger partial charge < -0.3 is 20.1 Å². The van der Waals surface area contributed by atoms with Gasteiger partial charge in [-0.1, -0.05) is 12.2 Å². The second-order valence-electron chi connectivity index (χ2n) is 5.05. The van der Waals surface area contributed by atoms with Crippen molar-refractivity contribution in [2.45, 2.75) is 32.8 Å². The van der Waals surface area contributed by atoms with Crippen LogP contribution in [0.4, 0.5) is 0 Å². The average Bonchev–Trinajstić information content (AvgIpc) is 2.23. The summed E-state index contributed by atoms with van der Waals surface area (Å²) in [6.45, 7) is 7.39. The Labute approximate surface area is 115 Å². The first-order valence-electron chi connectivity index (χ1n) is 5.96. The Bertz CT molecular complexity index is 277. The fraction of sp³-hybridized carbons (Fsp3) is 0.833. The maximum Gasteiger partial charge on any atom is 0.248 e. The Hall–Kier alpha value is -0.720. The smallest absolute Gasteiger partial charge is 0.248 e. The Morgan fingerprint density at radius 1 is 1.33 bits per heavy atom. The molecule has 0 aromatic carbocycles. The van der Waals surface area contributed by atoms with Crippen molar-refractivity contribution in [3.63, 3.8) is 0 Å². The number of rotatable bonds is 8. The molecular weight excluding hydrogens is 252 g/mol. The number of carbonyl (C=O) groups excluding carboxylic acids is 1. The van der Waals surface area contributed by atoms with Gasteiger partial charge in [-0.25, -0.2) is 0 Å². The highest BCUT2D eigenvalue weighted by Gasteiger charge is 2.11. The van der Waals surface area contributed by atoms with Crippen molar-refractivity contribution in [3.05, 3.63) is 0 Å². The van der Waals surface area contributed by atoms with E-state index in [1.807, 2.05) is 20.8 Å². The normalized spacial score (nSPS) is 11.3. The molecule has 0 aromatic heterocycles. The van der Waals surface area contributed by atoms with Crippen LogP contribution in [0.25, 0.3) is 0 Å². The van der Waals surface area contributed by atoms with Gasteiger partial charge in [0.1, 0.15) is 6.61 Å². The van der Waals surface area contributed by atoms with Crippen molar-refractivity contribution in [2.24, 2.45) is 5.73 Å². The van der Waals surface area contributed by atoms with Crippen LogP contribution in [0.15, 0.2) is 0 Å². The molecule has 0 bridgehead atoms. The van der Waals surface area contributed by atoms with E-state index in [1.54, 1.807) is 11.9 Å². The third-order valence-electron chi connectivity index (χ3n) is 2.11. The molecule has 0 fully saturated rings. The molecule has 0 aliphatic heterocycles. The first kappa shape index (κ1) is 17.3. The summed E-state index contributed by atoms with van der Waals surface area (Å²) in [6, 6.07) is 0. The molecule has 2 N–H and O–H groups in total. The van der Waals surface area contributed by atoms with Crippen LogP contribution in [-0.4, -0.2) is 54.8 Å². The third-order valence-corrected chi connectivity index (χ3v) is 2.31. The summed E-state index contributed by atoms with van der Waals surface area (Å²) in [7, 11) is 1.70. The summed E-state index contributed by atoms with van der Waals surface area (Å²) in [5.74, 6) is -0.0815. The summed E-state index contributed by atoms with van der Waals surface area (Å²) in [5.41, 5.74) is 5.19. The molecule has 6 heteroatoms. The number of hydrogen-bond acceptors (Lipinski definition) is 4. The molecule has 0 radical (unpaired) electrons. The number of thiocarbonyl (C=S) groups is 1. The first-order chi connectivity index (χ1) is 8.22. The van der Waals surface area contributed by atoms with Crippen molar-refractivity contribution in [3.8, 4) is 0 Å². The molecule has 0 rings (SSSR count). The minimum atomic E-state index is -0.180. The van der Waals surface area contributed by atoms with E-state index in [4.69, 9.17) is 27.4 Å². The van der Waals surface area contributed by atoms with Gasteiger partial charge in [0.05, 0.1) is 23.8 Å². The van der Waals surface area contributed by atoms with Crippen LogP contribution in [-0.2, 0) is 14.3 Å². The van der Waals surface area contributed by atoms with Gasteiger partial charge in [0.25, 0.3) is 0 Å². The van der Waals surface area contributed by atoms with Gasteiger partial charge >= 0.3 is 0 Å². The molecule has 0 atom stereocenters. The lowest BCUT2D eigenvalue weighted by molar-refractivity contribution is -0.135. The van der Waals surface area contributed by atoms with Crippen molar-refractivity contribution < 1.29 is 14.3 Å². The molecule has 106 valence electrons. The second-order valence-corrected chi connectivity index (χ2v) is 5.57. The first-order valence-corrected chi connectivity index (χ1v) is 6.37. The molecule has 0 heterocycles. The minimum absolute atomic E-state index is 0.0569. The lowest BCUT2D eigenvalue weighted by atomic mass is 10.2. The van der Waals surface area contributed by atoms with E-state index in [-0.39, 0.29) is 18.1 Å². The fourth-order valence-electron chi connectivity index (χ4n) is 1.08. The zero-order valence-electron chi connectivity index (χ0n) is 11.7. The van der Waals surface area contributed by atoms with E-state index in [0.717, 1.165) is 0 Å². The summed E-state index contributed by atoms with van der Waals surface area (Å²) < 4.78 is 10.7. The molecule has 0 saturated carbocycles. The van der Waals surface area contributed by atoms with E-state index in [9.17, 15) is 4.79 Å². The van der Waals surface area contributed by atoms with Gasteiger partial charge in [0.15, 0.2) is 0 Å². The maximum atomic E-state index is 11.6. The number of hydrogen-bond donors (Lipinski definition) is 1. The van der Waals surface area contributed by atoms with Gasteiger partial charge in [-0.15, -0.1) is 0 Å². The van der Waals surface area contributed by atoms with Crippen LogP contribution in [0, 0.1) is 0 Å². The number of nitrogens with two attached hydrogens (primary N) is 1. The van der Waals surface area contributed by atoms with Crippen molar-refractivity contribution in [1.82, 2.24) is 4.90 Å². The maximum absolute atomic E-state index is 11.6. The van der Waals surface area contributed by atoms with Crippen LogP contribution in [0.5, 0.6) is 0 Å². The predicted molar refractivity (Wildman–Crippen MR) is 75.6 cm³/mol. The van der Waals surface area contributed by atoms with Crippen molar-refractivity contribution >= 4 is 23.1 Å². The van der Waals surface area contributed by atoms with Gasteiger partial charge in [0, 0.05) is 20.0 Å².